The number of anilines is 1. The number of thiophene rings is 1. The van der Waals surface area contributed by atoms with Gasteiger partial charge >= 0.3 is 0 Å². The third-order valence-corrected chi connectivity index (χ3v) is 7.25. The molecule has 0 unspecified atom stereocenters. The summed E-state index contributed by atoms with van der Waals surface area (Å²) in [6, 6.07) is 6.19. The van der Waals surface area contributed by atoms with Gasteiger partial charge in [-0.05, 0) is 43.8 Å². The number of amides is 2. The van der Waals surface area contributed by atoms with Gasteiger partial charge < -0.3 is 19.5 Å². The number of carbonyl (C=O) groups is 2. The zero-order valence-electron chi connectivity index (χ0n) is 19.0. The van der Waals surface area contributed by atoms with Gasteiger partial charge in [0.15, 0.2) is 5.89 Å². The van der Waals surface area contributed by atoms with E-state index in [1.165, 1.54) is 4.88 Å². The van der Waals surface area contributed by atoms with Crippen LogP contribution in [0.5, 0.6) is 0 Å². The van der Waals surface area contributed by atoms with E-state index in [0.717, 1.165) is 32.4 Å². The fraction of sp³-hybridized carbons (Fsp3) is 0.565. The molecule has 2 aromatic rings. The van der Waals surface area contributed by atoms with Crippen molar-refractivity contribution in [3.63, 3.8) is 0 Å². The van der Waals surface area contributed by atoms with Crippen molar-refractivity contribution in [2.45, 2.75) is 26.2 Å². The fourth-order valence-electron chi connectivity index (χ4n) is 4.42. The molecule has 33 heavy (non-hydrogen) atoms. The molecule has 0 radical (unpaired) electrons. The zero-order valence-corrected chi connectivity index (χ0v) is 19.8. The second-order valence-electron chi connectivity index (χ2n) is 8.54. The summed E-state index contributed by atoms with van der Waals surface area (Å²) in [7, 11) is 0. The number of oxazole rings is 1. The first-order valence-electron chi connectivity index (χ1n) is 11.5. The van der Waals surface area contributed by atoms with Crippen LogP contribution in [0.3, 0.4) is 0 Å². The minimum atomic E-state index is 0.0305. The van der Waals surface area contributed by atoms with Crippen LogP contribution in [0.4, 0.5) is 5.88 Å². The molecule has 2 saturated heterocycles. The Labute approximate surface area is 198 Å². The minimum Gasteiger partial charge on any atom is -0.424 e. The third kappa shape index (κ3) is 5.92. The first kappa shape index (κ1) is 23.3. The van der Waals surface area contributed by atoms with Gasteiger partial charge in [0.25, 0.3) is 0 Å². The van der Waals surface area contributed by atoms with Crippen LogP contribution in [0.1, 0.15) is 29.3 Å². The Bertz CT molecular complexity index is 983. The quantitative estimate of drug-likeness (QED) is 0.656. The molecule has 2 fully saturated rings. The Hall–Kier alpha value is -2.90. The van der Waals surface area contributed by atoms with Gasteiger partial charge in [-0.25, -0.2) is 4.98 Å². The lowest BCUT2D eigenvalue weighted by atomic mass is 9.96. The van der Waals surface area contributed by atoms with Crippen LogP contribution in [-0.4, -0.2) is 79.0 Å². The van der Waals surface area contributed by atoms with E-state index in [1.54, 1.807) is 18.3 Å². The van der Waals surface area contributed by atoms with Crippen molar-refractivity contribution in [3.8, 4) is 6.07 Å². The van der Waals surface area contributed by atoms with Gasteiger partial charge in [0.2, 0.25) is 23.4 Å². The summed E-state index contributed by atoms with van der Waals surface area (Å²) >= 11 is 1.71. The molecule has 0 aromatic carbocycles. The van der Waals surface area contributed by atoms with E-state index in [1.807, 2.05) is 15.9 Å². The maximum Gasteiger partial charge on any atom is 0.236 e. The van der Waals surface area contributed by atoms with Crippen LogP contribution in [0, 0.1) is 24.2 Å². The second-order valence-corrected chi connectivity index (χ2v) is 9.57. The summed E-state index contributed by atoms with van der Waals surface area (Å²) in [6.45, 7) is 6.72. The van der Waals surface area contributed by atoms with Crippen LogP contribution in [-0.2, 0) is 16.0 Å². The second kappa shape index (κ2) is 10.8. The fourth-order valence-corrected chi connectivity index (χ4v) is 5.12. The van der Waals surface area contributed by atoms with Gasteiger partial charge in [0.05, 0.1) is 6.54 Å². The lowest BCUT2D eigenvalue weighted by Gasteiger charge is -2.36. The number of aryl methyl sites for hydroxylation is 1. The van der Waals surface area contributed by atoms with Crippen molar-refractivity contribution in [1.82, 2.24) is 20.1 Å². The summed E-state index contributed by atoms with van der Waals surface area (Å²) in [5, 5.41) is 14.3. The van der Waals surface area contributed by atoms with E-state index in [9.17, 15) is 14.9 Å². The highest BCUT2D eigenvalue weighted by Crippen LogP contribution is 2.23. The van der Waals surface area contributed by atoms with Crippen LogP contribution in [0.15, 0.2) is 21.9 Å². The van der Waals surface area contributed by atoms with Gasteiger partial charge in [-0.2, -0.15) is 5.26 Å². The highest BCUT2D eigenvalue weighted by atomic mass is 32.1. The smallest absolute Gasteiger partial charge is 0.236 e. The highest BCUT2D eigenvalue weighted by molar-refractivity contribution is 7.09. The number of hydrogen-bond acceptors (Lipinski definition) is 8. The zero-order chi connectivity index (χ0) is 23.2. The third-order valence-electron chi connectivity index (χ3n) is 6.31. The Kier molecular flexibility index (Phi) is 7.62. The average molecular weight is 471 g/mol. The van der Waals surface area contributed by atoms with Crippen molar-refractivity contribution in [2.75, 3.05) is 57.3 Å². The van der Waals surface area contributed by atoms with Crippen molar-refractivity contribution < 1.29 is 14.0 Å². The number of aromatic nitrogens is 1. The van der Waals surface area contributed by atoms with Crippen molar-refractivity contribution in [2.24, 2.45) is 5.92 Å². The van der Waals surface area contributed by atoms with Gasteiger partial charge in [-0.15, -0.1) is 11.3 Å². The summed E-state index contributed by atoms with van der Waals surface area (Å²) in [6.07, 6.45) is 2.44. The van der Waals surface area contributed by atoms with Crippen molar-refractivity contribution in [3.05, 3.63) is 34.0 Å². The van der Waals surface area contributed by atoms with E-state index >= 15 is 0 Å². The molecular weight excluding hydrogens is 440 g/mol. The summed E-state index contributed by atoms with van der Waals surface area (Å²) < 4.78 is 5.58. The molecule has 9 nitrogen and oxygen atoms in total. The molecule has 1 N–H and O–H groups in total. The van der Waals surface area contributed by atoms with Crippen molar-refractivity contribution in [1.29, 1.82) is 5.26 Å². The number of rotatable bonds is 7. The number of likely N-dealkylation sites (tertiary alicyclic amines) is 1. The molecule has 0 atom stereocenters. The van der Waals surface area contributed by atoms with E-state index in [-0.39, 0.29) is 17.7 Å². The van der Waals surface area contributed by atoms with Gasteiger partial charge in [-0.1, -0.05) is 6.07 Å². The maximum atomic E-state index is 12.8. The minimum absolute atomic E-state index is 0.0305. The molecular formula is C23H30N6O3S. The average Bonchev–Trinajstić information content (AvgIpc) is 3.49. The van der Waals surface area contributed by atoms with Gasteiger partial charge in [0.1, 0.15) is 6.07 Å². The summed E-state index contributed by atoms with van der Waals surface area (Å²) in [5.41, 5.74) is 0.297. The lowest BCUT2D eigenvalue weighted by Crippen LogP contribution is -2.52. The predicted molar refractivity (Wildman–Crippen MR) is 125 cm³/mol. The number of hydrogen-bond donors (Lipinski definition) is 1. The number of piperidine rings is 1. The predicted octanol–water partition coefficient (Wildman–Crippen LogP) is 1.64. The van der Waals surface area contributed by atoms with Crippen molar-refractivity contribution >= 4 is 29.0 Å². The molecule has 0 bridgehead atoms. The molecule has 176 valence electrons. The van der Waals surface area contributed by atoms with Crippen LogP contribution < -0.4 is 10.2 Å². The summed E-state index contributed by atoms with van der Waals surface area (Å²) in [5.74, 6) is 1.25. The number of piperazine rings is 1. The van der Waals surface area contributed by atoms with E-state index in [2.05, 4.69) is 32.7 Å². The molecule has 2 aliphatic heterocycles. The molecule has 4 rings (SSSR count). The van der Waals surface area contributed by atoms with E-state index in [4.69, 9.17) is 4.42 Å². The molecule has 2 amide bonds. The lowest BCUT2D eigenvalue weighted by molar-refractivity contribution is -0.133. The molecule has 0 aliphatic carbocycles. The van der Waals surface area contributed by atoms with Crippen LogP contribution in [0.25, 0.3) is 0 Å². The van der Waals surface area contributed by atoms with Crippen LogP contribution >= 0.6 is 11.3 Å². The van der Waals surface area contributed by atoms with Gasteiger partial charge in [0, 0.05) is 50.4 Å². The molecule has 0 saturated carbocycles. The highest BCUT2D eigenvalue weighted by Gasteiger charge is 2.29. The normalized spacial score (nSPS) is 17.7. The monoisotopic (exact) mass is 470 g/mol. The largest absolute Gasteiger partial charge is 0.424 e. The topological polar surface area (TPSA) is 106 Å². The Morgan fingerprint density at radius 1 is 1.24 bits per heavy atom. The van der Waals surface area contributed by atoms with E-state index in [0.29, 0.717) is 56.7 Å². The number of nitrogens with one attached hydrogen (secondary N) is 1. The standard InChI is InChI=1S/C23H30N6O3S/c1-17-26-20(15-24)23(32-17)29-12-10-28(11-13-29)21(30)16-27-8-5-18(6-9-27)22(31)25-7-4-19-3-2-14-33-19/h2-3,14,18H,4-13,16H2,1H3,(H,25,31). The first-order chi connectivity index (χ1) is 16.0. The van der Waals surface area contributed by atoms with Gasteiger partial charge in [-0.3, -0.25) is 14.5 Å². The van der Waals surface area contributed by atoms with Crippen LogP contribution in [0.2, 0.25) is 0 Å². The van der Waals surface area contributed by atoms with E-state index < -0.39 is 0 Å². The first-order valence-corrected chi connectivity index (χ1v) is 12.3. The Morgan fingerprint density at radius 2 is 2.00 bits per heavy atom. The number of nitriles is 1. The SMILES string of the molecule is Cc1nc(C#N)c(N2CCN(C(=O)CN3CCC(C(=O)NCCc4cccs4)CC3)CC2)o1. The Morgan fingerprint density at radius 3 is 2.67 bits per heavy atom. The molecule has 0 spiro atoms. The molecule has 4 heterocycles. The molecule has 2 aromatic heterocycles. The Balaban J connectivity index is 1.16. The number of nitrogens with zero attached hydrogens (tertiary/aromatic N) is 5. The number of carbonyl (C=O) groups excluding carboxylic acids is 2. The molecule has 10 heteroatoms. The summed E-state index contributed by atoms with van der Waals surface area (Å²) in [4.78, 5) is 36.6. The molecule has 2 aliphatic rings. The maximum absolute atomic E-state index is 12.8.